The van der Waals surface area contributed by atoms with Crippen LogP contribution < -0.4 is 5.73 Å². The zero-order chi connectivity index (χ0) is 22.8. The number of nitrogens with one attached hydrogen (secondary N) is 1. The smallest absolute Gasteiger partial charge is 0.305 e. The largest absolute Gasteiger partial charge is 0.481 e. The monoisotopic (exact) mass is 427 g/mol. The molecule has 2 heterocycles. The average molecular weight is 427 g/mol. The first-order valence-corrected chi connectivity index (χ1v) is 9.98. The van der Waals surface area contributed by atoms with Gasteiger partial charge in [-0.05, 0) is 37.3 Å². The van der Waals surface area contributed by atoms with Crippen molar-refractivity contribution < 1.29 is 14.7 Å². The first-order chi connectivity index (χ1) is 15.3. The molecule has 0 bridgehead atoms. The molecule has 4 rings (SSSR count). The maximum atomic E-state index is 13.3. The van der Waals surface area contributed by atoms with E-state index >= 15 is 0 Å². The molecular formula is C24H21N5O3. The Hall–Kier alpha value is -4.38. The Morgan fingerprint density at radius 1 is 1.19 bits per heavy atom. The lowest BCUT2D eigenvalue weighted by molar-refractivity contribution is -0.137. The summed E-state index contributed by atoms with van der Waals surface area (Å²) in [6.45, 7) is 2.24. The number of aromatic nitrogens is 2. The van der Waals surface area contributed by atoms with Gasteiger partial charge in [-0.2, -0.15) is 0 Å². The number of aliphatic carboxylic acids is 1. The van der Waals surface area contributed by atoms with E-state index in [1.807, 2.05) is 23.6 Å². The molecule has 0 radical (unpaired) electrons. The van der Waals surface area contributed by atoms with Crippen molar-refractivity contribution in [3.05, 3.63) is 82.4 Å². The van der Waals surface area contributed by atoms with Crippen molar-refractivity contribution in [1.29, 1.82) is 5.41 Å². The number of hydrogen-bond acceptors (Lipinski definition) is 4. The number of carbonyl (C=O) groups is 2. The summed E-state index contributed by atoms with van der Waals surface area (Å²) >= 11 is 0. The zero-order valence-corrected chi connectivity index (χ0v) is 17.4. The lowest BCUT2D eigenvalue weighted by atomic mass is 10.1. The van der Waals surface area contributed by atoms with Crippen molar-refractivity contribution in [3.8, 4) is 17.5 Å². The van der Waals surface area contributed by atoms with Crippen LogP contribution in [0.15, 0.2) is 48.7 Å². The third-order valence-corrected chi connectivity index (χ3v) is 5.24. The number of carboxylic acid groups (broad SMARTS) is 1. The van der Waals surface area contributed by atoms with Crippen LogP contribution in [0.4, 0.5) is 0 Å². The van der Waals surface area contributed by atoms with Crippen LogP contribution in [-0.4, -0.2) is 43.8 Å². The van der Waals surface area contributed by atoms with Crippen molar-refractivity contribution in [2.45, 2.75) is 19.9 Å². The second kappa shape index (κ2) is 8.40. The number of amides is 1. The number of nitrogens with two attached hydrogens (primary N) is 1. The Kier molecular flexibility index (Phi) is 5.48. The summed E-state index contributed by atoms with van der Waals surface area (Å²) in [5, 5.41) is 16.5. The first kappa shape index (κ1) is 20.9. The lowest BCUT2D eigenvalue weighted by Crippen LogP contribution is -2.32. The van der Waals surface area contributed by atoms with E-state index in [4.69, 9.17) is 16.2 Å². The van der Waals surface area contributed by atoms with Gasteiger partial charge in [0.25, 0.3) is 5.91 Å². The summed E-state index contributed by atoms with van der Waals surface area (Å²) in [5.74, 6) is 5.60. The van der Waals surface area contributed by atoms with Crippen LogP contribution >= 0.6 is 0 Å². The van der Waals surface area contributed by atoms with E-state index in [-0.39, 0.29) is 31.3 Å². The topological polar surface area (TPSA) is 125 Å². The minimum absolute atomic E-state index is 0.00427. The summed E-state index contributed by atoms with van der Waals surface area (Å²) in [5.41, 5.74) is 9.56. The minimum atomic E-state index is -0.961. The molecule has 0 saturated carbocycles. The zero-order valence-electron chi connectivity index (χ0n) is 17.4. The molecule has 8 nitrogen and oxygen atoms in total. The molecule has 4 N–H and O–H groups in total. The molecule has 32 heavy (non-hydrogen) atoms. The minimum Gasteiger partial charge on any atom is -0.481 e. The van der Waals surface area contributed by atoms with Crippen molar-refractivity contribution in [3.63, 3.8) is 0 Å². The quantitative estimate of drug-likeness (QED) is 0.335. The normalized spacial score (nSPS) is 12.3. The Balaban J connectivity index is 1.72. The van der Waals surface area contributed by atoms with Gasteiger partial charge in [-0.15, -0.1) is 0 Å². The number of carboxylic acids is 1. The van der Waals surface area contributed by atoms with Gasteiger partial charge in [0.15, 0.2) is 0 Å². The summed E-state index contributed by atoms with van der Waals surface area (Å²) in [7, 11) is 0. The molecule has 2 aromatic carbocycles. The van der Waals surface area contributed by atoms with Crippen molar-refractivity contribution in [2.75, 3.05) is 6.54 Å². The Morgan fingerprint density at radius 2 is 1.88 bits per heavy atom. The number of fused-ring (bicyclic) bond motifs is 3. The van der Waals surface area contributed by atoms with E-state index in [0.717, 1.165) is 11.3 Å². The van der Waals surface area contributed by atoms with Gasteiger partial charge in [-0.3, -0.25) is 19.6 Å². The Bertz CT molecular complexity index is 1300. The number of benzene rings is 2. The van der Waals surface area contributed by atoms with Crippen LogP contribution in [0.1, 0.15) is 45.0 Å². The molecule has 8 heteroatoms. The Morgan fingerprint density at radius 3 is 2.56 bits per heavy atom. The van der Waals surface area contributed by atoms with Gasteiger partial charge in [0.1, 0.15) is 11.7 Å². The number of amidine groups is 1. The van der Waals surface area contributed by atoms with E-state index in [2.05, 4.69) is 16.8 Å². The van der Waals surface area contributed by atoms with Gasteiger partial charge in [0.05, 0.1) is 24.2 Å². The maximum absolute atomic E-state index is 13.3. The van der Waals surface area contributed by atoms with Crippen LogP contribution in [0.5, 0.6) is 0 Å². The molecule has 160 valence electrons. The number of aryl methyl sites for hydroxylation is 1. The fourth-order valence-electron chi connectivity index (χ4n) is 3.61. The molecule has 1 amide bonds. The maximum Gasteiger partial charge on any atom is 0.305 e. The SMILES string of the molecule is Cc1cnc2n1-c1ccc(C#Cc3ccc(C(=N)N)cc3)cc1C(=O)N(CCC(=O)O)C2. The molecular weight excluding hydrogens is 406 g/mol. The molecule has 0 aliphatic carbocycles. The van der Waals surface area contributed by atoms with Gasteiger partial charge in [-0.25, -0.2) is 4.98 Å². The molecule has 0 saturated heterocycles. The third kappa shape index (κ3) is 4.09. The molecule has 0 unspecified atom stereocenters. The van der Waals surface area contributed by atoms with Gasteiger partial charge in [0.2, 0.25) is 0 Å². The number of hydrogen-bond donors (Lipinski definition) is 3. The second-order valence-electron chi connectivity index (χ2n) is 7.49. The molecule has 1 aliphatic heterocycles. The standard InChI is InChI=1S/C24H21N5O3/c1-15-13-27-21-14-28(11-10-22(30)31)24(32)19-12-17(6-9-20(19)29(15)21)3-2-16-4-7-18(8-5-16)23(25)26/h4-9,12-13H,10-11,14H2,1H3,(H3,25,26)(H,30,31). The van der Waals surface area contributed by atoms with Gasteiger partial charge >= 0.3 is 5.97 Å². The second-order valence-corrected chi connectivity index (χ2v) is 7.49. The predicted octanol–water partition coefficient (Wildman–Crippen LogP) is 2.30. The summed E-state index contributed by atoms with van der Waals surface area (Å²) in [6, 6.07) is 12.5. The number of rotatable bonds is 4. The number of carbonyl (C=O) groups excluding carboxylic acids is 1. The summed E-state index contributed by atoms with van der Waals surface area (Å²) in [6.07, 6.45) is 1.60. The number of imidazole rings is 1. The van der Waals surface area contributed by atoms with Crippen LogP contribution in [0, 0.1) is 24.2 Å². The first-order valence-electron chi connectivity index (χ1n) is 9.98. The molecule has 1 aliphatic rings. The molecule has 3 aromatic rings. The van der Waals surface area contributed by atoms with Crippen molar-refractivity contribution >= 4 is 17.7 Å². The van der Waals surface area contributed by atoms with E-state index in [1.54, 1.807) is 36.5 Å². The van der Waals surface area contributed by atoms with Crippen LogP contribution in [0.3, 0.4) is 0 Å². The highest BCUT2D eigenvalue weighted by atomic mass is 16.4. The fraction of sp³-hybridized carbons (Fsp3) is 0.167. The van der Waals surface area contributed by atoms with E-state index < -0.39 is 5.97 Å². The molecule has 0 atom stereocenters. The van der Waals surface area contributed by atoms with E-state index in [0.29, 0.717) is 28.2 Å². The van der Waals surface area contributed by atoms with E-state index in [9.17, 15) is 9.59 Å². The molecule has 1 aromatic heterocycles. The molecule has 0 fully saturated rings. The fourth-order valence-corrected chi connectivity index (χ4v) is 3.61. The van der Waals surface area contributed by atoms with Gasteiger partial charge < -0.3 is 15.7 Å². The highest BCUT2D eigenvalue weighted by Gasteiger charge is 2.28. The lowest BCUT2D eigenvalue weighted by Gasteiger charge is -2.19. The van der Waals surface area contributed by atoms with Gasteiger partial charge in [-0.1, -0.05) is 24.0 Å². The van der Waals surface area contributed by atoms with Crippen molar-refractivity contribution in [1.82, 2.24) is 14.5 Å². The highest BCUT2D eigenvalue weighted by Crippen LogP contribution is 2.26. The molecule has 0 spiro atoms. The van der Waals surface area contributed by atoms with Crippen LogP contribution in [0.2, 0.25) is 0 Å². The van der Waals surface area contributed by atoms with Crippen LogP contribution in [0.25, 0.3) is 5.69 Å². The summed E-state index contributed by atoms with van der Waals surface area (Å²) < 4.78 is 1.92. The predicted molar refractivity (Wildman–Crippen MR) is 119 cm³/mol. The van der Waals surface area contributed by atoms with Crippen molar-refractivity contribution in [2.24, 2.45) is 5.73 Å². The van der Waals surface area contributed by atoms with E-state index in [1.165, 1.54) is 4.90 Å². The van der Waals surface area contributed by atoms with Gasteiger partial charge in [0, 0.05) is 35.1 Å². The highest BCUT2D eigenvalue weighted by molar-refractivity contribution is 5.99. The number of nitrogens with zero attached hydrogens (tertiary/aromatic N) is 3. The Labute approximate surface area is 184 Å². The number of nitrogen functional groups attached to an aromatic ring is 1. The average Bonchev–Trinajstić information content (AvgIpc) is 3.08. The summed E-state index contributed by atoms with van der Waals surface area (Å²) in [4.78, 5) is 30.3. The third-order valence-electron chi connectivity index (χ3n) is 5.24. The van der Waals surface area contributed by atoms with Crippen LogP contribution in [-0.2, 0) is 11.3 Å².